The molecule has 0 spiro atoms. The first-order valence-electron chi connectivity index (χ1n) is 4.06. The molecule has 5 heteroatoms. The Morgan fingerprint density at radius 3 is 2.77 bits per heavy atom. The smallest absolute Gasteiger partial charge is 0.260 e. The minimum Gasteiger partial charge on any atom is -0.260 e. The highest BCUT2D eigenvalue weighted by atomic mass is 19.4. The molecule has 1 radical (unpaired) electrons. The maximum atomic E-state index is 12.0. The first kappa shape index (κ1) is 8.59. The van der Waals surface area contributed by atoms with Gasteiger partial charge in [0.1, 0.15) is 6.54 Å². The van der Waals surface area contributed by atoms with Crippen molar-refractivity contribution in [3.8, 4) is 0 Å². The van der Waals surface area contributed by atoms with E-state index in [9.17, 15) is 13.2 Å². The van der Waals surface area contributed by atoms with Crippen LogP contribution >= 0.6 is 0 Å². The lowest BCUT2D eigenvalue weighted by Crippen LogP contribution is -2.20. The molecule has 0 aliphatic heterocycles. The average Bonchev–Trinajstić information content (AvgIpc) is 2.72. The molecular formula is C8H8F3N2. The summed E-state index contributed by atoms with van der Waals surface area (Å²) in [6, 6.07) is 2.74. The number of aromatic nitrogens is 2. The lowest BCUT2D eigenvalue weighted by atomic mass is 10.3. The van der Waals surface area contributed by atoms with Crippen LogP contribution in [-0.4, -0.2) is 16.0 Å². The fraction of sp³-hybridized carbons (Fsp3) is 0.625. The van der Waals surface area contributed by atoms with E-state index >= 15 is 0 Å². The quantitative estimate of drug-likeness (QED) is 0.696. The molecule has 71 valence electrons. The number of hydrogen-bond acceptors (Lipinski definition) is 1. The van der Waals surface area contributed by atoms with E-state index in [1.54, 1.807) is 0 Å². The standard InChI is InChI=1S/C8H8F3N2/c9-8(10,11)5-13-7(3-4-12-13)6-1-2-6/h4,6H,1-2,5H2. The van der Waals surface area contributed by atoms with Gasteiger partial charge >= 0.3 is 6.18 Å². The molecule has 13 heavy (non-hydrogen) atoms. The van der Waals surface area contributed by atoms with E-state index in [0.29, 0.717) is 5.69 Å². The lowest BCUT2D eigenvalue weighted by Gasteiger charge is -2.08. The molecule has 1 saturated carbocycles. The van der Waals surface area contributed by atoms with Gasteiger partial charge in [0.25, 0.3) is 0 Å². The molecule has 0 amide bonds. The summed E-state index contributed by atoms with van der Waals surface area (Å²) in [4.78, 5) is 0. The van der Waals surface area contributed by atoms with E-state index in [-0.39, 0.29) is 5.92 Å². The Labute approximate surface area is 73.4 Å². The van der Waals surface area contributed by atoms with Gasteiger partial charge in [0.2, 0.25) is 0 Å². The van der Waals surface area contributed by atoms with E-state index in [1.807, 2.05) is 0 Å². The van der Waals surface area contributed by atoms with Crippen molar-refractivity contribution < 1.29 is 13.2 Å². The summed E-state index contributed by atoms with van der Waals surface area (Å²) < 4.78 is 37.0. The molecule has 2 nitrogen and oxygen atoms in total. The van der Waals surface area contributed by atoms with Gasteiger partial charge < -0.3 is 0 Å². The highest BCUT2D eigenvalue weighted by Gasteiger charge is 2.33. The maximum absolute atomic E-state index is 12.0. The van der Waals surface area contributed by atoms with Gasteiger partial charge in [-0.2, -0.15) is 18.3 Å². The molecule has 2 rings (SSSR count). The molecule has 0 saturated heterocycles. The predicted octanol–water partition coefficient (Wildman–Crippen LogP) is 2.12. The number of rotatable bonds is 2. The van der Waals surface area contributed by atoms with Crippen LogP contribution in [-0.2, 0) is 6.54 Å². The molecule has 1 heterocycles. The van der Waals surface area contributed by atoms with Crippen LogP contribution in [0.25, 0.3) is 0 Å². The first-order chi connectivity index (χ1) is 6.06. The van der Waals surface area contributed by atoms with Crippen LogP contribution in [0.1, 0.15) is 24.5 Å². The zero-order chi connectivity index (χ0) is 9.47. The zero-order valence-corrected chi connectivity index (χ0v) is 6.80. The molecule has 0 unspecified atom stereocenters. The van der Waals surface area contributed by atoms with E-state index in [4.69, 9.17) is 0 Å². The van der Waals surface area contributed by atoms with Gasteiger partial charge in [0.15, 0.2) is 0 Å². The van der Waals surface area contributed by atoms with Crippen molar-refractivity contribution in [3.05, 3.63) is 18.0 Å². The van der Waals surface area contributed by atoms with E-state index in [2.05, 4.69) is 11.2 Å². The topological polar surface area (TPSA) is 17.8 Å². The Kier molecular flexibility index (Phi) is 1.82. The second-order valence-electron chi connectivity index (χ2n) is 3.22. The van der Waals surface area contributed by atoms with Gasteiger partial charge in [-0.3, -0.25) is 4.68 Å². The Morgan fingerprint density at radius 2 is 2.23 bits per heavy atom. The summed E-state index contributed by atoms with van der Waals surface area (Å²) in [6.07, 6.45) is -0.969. The Balaban J connectivity index is 2.15. The summed E-state index contributed by atoms with van der Waals surface area (Å²) in [5.74, 6) is 0.254. The van der Waals surface area contributed by atoms with Gasteiger partial charge in [0.05, 0.1) is 6.20 Å². The van der Waals surface area contributed by atoms with Crippen LogP contribution in [0.2, 0.25) is 0 Å². The monoisotopic (exact) mass is 189 g/mol. The number of alkyl halides is 3. The Morgan fingerprint density at radius 1 is 1.54 bits per heavy atom. The minimum absolute atomic E-state index is 0.254. The highest BCUT2D eigenvalue weighted by Crippen LogP contribution is 2.39. The first-order valence-corrected chi connectivity index (χ1v) is 4.06. The molecule has 1 aromatic rings. The van der Waals surface area contributed by atoms with Crippen molar-refractivity contribution in [2.75, 3.05) is 0 Å². The summed E-state index contributed by atoms with van der Waals surface area (Å²) >= 11 is 0. The van der Waals surface area contributed by atoms with Crippen LogP contribution in [0.3, 0.4) is 0 Å². The van der Waals surface area contributed by atoms with Crippen LogP contribution in [0.4, 0.5) is 13.2 Å². The van der Waals surface area contributed by atoms with Crippen molar-refractivity contribution in [1.82, 2.24) is 9.78 Å². The Bertz CT molecular complexity index is 299. The largest absolute Gasteiger partial charge is 0.408 e. The molecule has 0 N–H and O–H groups in total. The summed E-state index contributed by atoms with van der Waals surface area (Å²) in [6.45, 7) is -0.998. The third kappa shape index (κ3) is 2.02. The molecule has 1 aliphatic carbocycles. The highest BCUT2D eigenvalue weighted by molar-refractivity contribution is 5.12. The maximum Gasteiger partial charge on any atom is 0.408 e. The molecule has 1 aromatic heterocycles. The number of nitrogens with zero attached hydrogens (tertiary/aromatic N) is 2. The number of hydrogen-bond donors (Lipinski definition) is 0. The fourth-order valence-corrected chi connectivity index (χ4v) is 1.28. The van der Waals surface area contributed by atoms with E-state index < -0.39 is 12.7 Å². The van der Waals surface area contributed by atoms with Crippen LogP contribution in [0.5, 0.6) is 0 Å². The molecule has 1 fully saturated rings. The summed E-state index contributed by atoms with van der Waals surface area (Å²) in [5, 5.41) is 3.60. The van der Waals surface area contributed by atoms with E-state index in [0.717, 1.165) is 17.5 Å². The lowest BCUT2D eigenvalue weighted by molar-refractivity contribution is -0.143. The second-order valence-corrected chi connectivity index (χ2v) is 3.22. The normalized spacial score (nSPS) is 17.8. The van der Waals surface area contributed by atoms with Gasteiger partial charge in [0, 0.05) is 17.7 Å². The third-order valence-electron chi connectivity index (χ3n) is 1.98. The van der Waals surface area contributed by atoms with Gasteiger partial charge in [-0.25, -0.2) is 0 Å². The SMILES string of the molecule is FC(F)(F)Cn1nc[c]c1C1CC1. The Hall–Kier alpha value is -1.00. The van der Waals surface area contributed by atoms with Crippen LogP contribution in [0.15, 0.2) is 6.20 Å². The van der Waals surface area contributed by atoms with Gasteiger partial charge in [-0.15, -0.1) is 0 Å². The second kappa shape index (κ2) is 2.75. The molecule has 0 aromatic carbocycles. The molecule has 1 aliphatic rings. The number of halogens is 3. The third-order valence-corrected chi connectivity index (χ3v) is 1.98. The minimum atomic E-state index is -4.19. The van der Waals surface area contributed by atoms with Crippen molar-refractivity contribution in [2.24, 2.45) is 0 Å². The van der Waals surface area contributed by atoms with E-state index in [1.165, 1.54) is 6.20 Å². The zero-order valence-electron chi connectivity index (χ0n) is 6.80. The van der Waals surface area contributed by atoms with Gasteiger partial charge in [-0.05, 0) is 12.8 Å². The molecule has 0 atom stereocenters. The predicted molar refractivity (Wildman–Crippen MR) is 39.1 cm³/mol. The van der Waals surface area contributed by atoms with Crippen LogP contribution in [0, 0.1) is 6.07 Å². The van der Waals surface area contributed by atoms with Crippen molar-refractivity contribution in [2.45, 2.75) is 31.5 Å². The molecule has 0 bridgehead atoms. The summed E-state index contributed by atoms with van der Waals surface area (Å²) in [5.41, 5.74) is 0.595. The van der Waals surface area contributed by atoms with Gasteiger partial charge in [-0.1, -0.05) is 0 Å². The van der Waals surface area contributed by atoms with Crippen molar-refractivity contribution in [3.63, 3.8) is 0 Å². The van der Waals surface area contributed by atoms with Crippen LogP contribution < -0.4 is 0 Å². The average molecular weight is 189 g/mol. The molecular weight excluding hydrogens is 181 g/mol. The van der Waals surface area contributed by atoms with Crippen molar-refractivity contribution in [1.29, 1.82) is 0 Å². The fourth-order valence-electron chi connectivity index (χ4n) is 1.28. The van der Waals surface area contributed by atoms with Crippen molar-refractivity contribution >= 4 is 0 Å². The summed E-state index contributed by atoms with van der Waals surface area (Å²) in [7, 11) is 0.